The van der Waals surface area contributed by atoms with E-state index in [0.717, 1.165) is 10.2 Å². The molecule has 9 heteroatoms. The topological polar surface area (TPSA) is 74.0 Å². The van der Waals surface area contributed by atoms with Gasteiger partial charge in [0.1, 0.15) is 11.8 Å². The van der Waals surface area contributed by atoms with Gasteiger partial charge in [0, 0.05) is 10.7 Å². The molecule has 0 radical (unpaired) electrons. The molecule has 1 N–H and O–H groups in total. The highest BCUT2D eigenvalue weighted by molar-refractivity contribution is 9.10. The van der Waals surface area contributed by atoms with Crippen LogP contribution in [0, 0.1) is 0 Å². The summed E-state index contributed by atoms with van der Waals surface area (Å²) in [5.74, 6) is 0.552. The number of halogens is 2. The first-order chi connectivity index (χ1) is 12.5. The van der Waals surface area contributed by atoms with Crippen molar-refractivity contribution in [3.05, 3.63) is 58.5 Å². The molecule has 26 heavy (non-hydrogen) atoms. The summed E-state index contributed by atoms with van der Waals surface area (Å²) < 4.78 is 9.78. The molecule has 0 spiro atoms. The fourth-order valence-electron chi connectivity index (χ4n) is 2.37. The molecule has 0 saturated heterocycles. The number of carbonyl (C=O) groups is 1. The second kappa shape index (κ2) is 8.37. The molecule has 1 unspecified atom stereocenters. The van der Waals surface area contributed by atoms with Gasteiger partial charge < -0.3 is 10.1 Å². The van der Waals surface area contributed by atoms with Gasteiger partial charge in [-0.25, -0.2) is 4.68 Å². The molecule has 1 aromatic carbocycles. The third-order valence-electron chi connectivity index (χ3n) is 3.66. The zero-order chi connectivity index (χ0) is 18.5. The number of aromatic nitrogens is 4. The maximum Gasteiger partial charge on any atom is 0.249 e. The summed E-state index contributed by atoms with van der Waals surface area (Å²) >= 11 is 9.26. The second-order valence-corrected chi connectivity index (χ2v) is 6.90. The van der Waals surface area contributed by atoms with Crippen molar-refractivity contribution in [2.24, 2.45) is 0 Å². The van der Waals surface area contributed by atoms with Gasteiger partial charge in [-0.2, -0.15) is 10.2 Å². The van der Waals surface area contributed by atoms with Crippen LogP contribution < -0.4 is 10.1 Å². The first kappa shape index (κ1) is 18.5. The minimum absolute atomic E-state index is 0.180. The maximum atomic E-state index is 12.5. The molecule has 3 rings (SSSR count). The summed E-state index contributed by atoms with van der Waals surface area (Å²) in [6, 6.07) is 7.08. The molecule has 1 amide bonds. The Morgan fingerprint density at radius 2 is 2.04 bits per heavy atom. The number of ether oxygens (including phenoxy) is 1. The lowest BCUT2D eigenvalue weighted by atomic mass is 10.2. The Balaban J connectivity index is 1.58. The number of hydrogen-bond acceptors (Lipinski definition) is 4. The van der Waals surface area contributed by atoms with Crippen LogP contribution in [0.4, 0.5) is 5.69 Å². The molecule has 0 aliphatic heterocycles. The van der Waals surface area contributed by atoms with Crippen LogP contribution in [-0.2, 0) is 11.5 Å². The minimum Gasteiger partial charge on any atom is -0.471 e. The van der Waals surface area contributed by atoms with Gasteiger partial charge in [-0.05, 0) is 30.7 Å². The molecular formula is C17H17BrClN5O2. The molecule has 0 aliphatic rings. The average Bonchev–Trinajstić information content (AvgIpc) is 3.24. The van der Waals surface area contributed by atoms with Crippen LogP contribution >= 0.6 is 27.5 Å². The van der Waals surface area contributed by atoms with E-state index in [0.29, 0.717) is 17.1 Å². The fraction of sp³-hybridized carbons (Fsp3) is 0.235. The normalized spacial score (nSPS) is 12.0. The van der Waals surface area contributed by atoms with E-state index in [-0.39, 0.29) is 12.6 Å². The van der Waals surface area contributed by atoms with Crippen LogP contribution in [0.5, 0.6) is 5.75 Å². The Labute approximate surface area is 164 Å². The predicted octanol–water partition coefficient (Wildman–Crippen LogP) is 4.12. The monoisotopic (exact) mass is 437 g/mol. The van der Waals surface area contributed by atoms with Gasteiger partial charge in [0.15, 0.2) is 6.73 Å². The standard InChI is InChI=1S/C17H17BrClN5O2/c1-2-16(24-9-13(19)7-21-24)17(25)22-14-8-20-23(10-14)11-26-15-5-3-12(18)4-6-15/h3-10,16H,2,11H2,1H3,(H,22,25). The van der Waals surface area contributed by atoms with Gasteiger partial charge in [-0.15, -0.1) is 0 Å². The van der Waals surface area contributed by atoms with Crippen LogP contribution in [-0.4, -0.2) is 25.5 Å². The quantitative estimate of drug-likeness (QED) is 0.602. The SMILES string of the molecule is CCC(C(=O)Nc1cnn(COc2ccc(Br)cc2)c1)n1cc(Cl)cn1. The third-order valence-corrected chi connectivity index (χ3v) is 4.38. The number of hydrogen-bond donors (Lipinski definition) is 1. The van der Waals surface area contributed by atoms with Gasteiger partial charge >= 0.3 is 0 Å². The summed E-state index contributed by atoms with van der Waals surface area (Å²) in [5.41, 5.74) is 0.589. The Morgan fingerprint density at radius 1 is 1.27 bits per heavy atom. The number of nitrogens with zero attached hydrogens (tertiary/aromatic N) is 4. The number of nitrogens with one attached hydrogen (secondary N) is 1. The highest BCUT2D eigenvalue weighted by Gasteiger charge is 2.20. The highest BCUT2D eigenvalue weighted by atomic mass is 79.9. The van der Waals surface area contributed by atoms with E-state index in [1.165, 1.54) is 6.20 Å². The van der Waals surface area contributed by atoms with Gasteiger partial charge in [0.25, 0.3) is 0 Å². The van der Waals surface area contributed by atoms with E-state index < -0.39 is 6.04 Å². The summed E-state index contributed by atoms with van der Waals surface area (Å²) in [7, 11) is 0. The Kier molecular flexibility index (Phi) is 5.95. The van der Waals surface area contributed by atoms with Crippen molar-refractivity contribution in [3.63, 3.8) is 0 Å². The predicted molar refractivity (Wildman–Crippen MR) is 102 cm³/mol. The molecule has 2 heterocycles. The van der Waals surface area contributed by atoms with Crippen molar-refractivity contribution in [3.8, 4) is 5.75 Å². The zero-order valence-corrected chi connectivity index (χ0v) is 16.3. The molecule has 0 bridgehead atoms. The molecule has 2 aromatic heterocycles. The third kappa shape index (κ3) is 4.64. The molecule has 0 saturated carbocycles. The maximum absolute atomic E-state index is 12.5. The molecule has 3 aromatic rings. The summed E-state index contributed by atoms with van der Waals surface area (Å²) in [6.45, 7) is 2.15. The van der Waals surface area contributed by atoms with E-state index in [1.54, 1.807) is 28.0 Å². The summed E-state index contributed by atoms with van der Waals surface area (Å²) in [6.07, 6.45) is 7.01. The first-order valence-electron chi connectivity index (χ1n) is 7.96. The van der Waals surface area contributed by atoms with Crippen LogP contribution in [0.3, 0.4) is 0 Å². The Bertz CT molecular complexity index is 877. The number of anilines is 1. The Morgan fingerprint density at radius 3 is 2.69 bits per heavy atom. The van der Waals surface area contributed by atoms with E-state index in [2.05, 4.69) is 31.4 Å². The highest BCUT2D eigenvalue weighted by Crippen LogP contribution is 2.18. The van der Waals surface area contributed by atoms with Crippen molar-refractivity contribution in [2.75, 3.05) is 5.32 Å². The second-order valence-electron chi connectivity index (χ2n) is 5.55. The van der Waals surface area contributed by atoms with Crippen LogP contribution in [0.1, 0.15) is 19.4 Å². The van der Waals surface area contributed by atoms with Gasteiger partial charge in [0.2, 0.25) is 5.91 Å². The number of carbonyl (C=O) groups excluding carboxylic acids is 1. The molecule has 1 atom stereocenters. The van der Waals surface area contributed by atoms with E-state index in [4.69, 9.17) is 16.3 Å². The number of rotatable bonds is 7. The molecule has 0 fully saturated rings. The largest absolute Gasteiger partial charge is 0.471 e. The lowest BCUT2D eigenvalue weighted by molar-refractivity contribution is -0.119. The molecular weight excluding hydrogens is 422 g/mol. The van der Waals surface area contributed by atoms with Crippen molar-refractivity contribution in [1.82, 2.24) is 19.6 Å². The van der Waals surface area contributed by atoms with Gasteiger partial charge in [-0.3, -0.25) is 9.48 Å². The van der Waals surface area contributed by atoms with Crippen LogP contribution in [0.15, 0.2) is 53.5 Å². The fourth-order valence-corrected chi connectivity index (χ4v) is 2.78. The Hall–Kier alpha value is -2.32. The minimum atomic E-state index is -0.440. The summed E-state index contributed by atoms with van der Waals surface area (Å²) in [4.78, 5) is 12.5. The van der Waals surface area contributed by atoms with Crippen molar-refractivity contribution >= 4 is 39.1 Å². The molecule has 136 valence electrons. The van der Waals surface area contributed by atoms with Gasteiger partial charge in [0.05, 0.1) is 29.3 Å². The molecule has 7 nitrogen and oxygen atoms in total. The number of amides is 1. The van der Waals surface area contributed by atoms with Crippen LogP contribution in [0.25, 0.3) is 0 Å². The van der Waals surface area contributed by atoms with Gasteiger partial charge in [-0.1, -0.05) is 34.5 Å². The van der Waals surface area contributed by atoms with Crippen molar-refractivity contribution in [1.29, 1.82) is 0 Å². The smallest absolute Gasteiger partial charge is 0.249 e. The van der Waals surface area contributed by atoms with E-state index in [9.17, 15) is 4.79 Å². The lowest BCUT2D eigenvalue weighted by Gasteiger charge is -2.14. The lowest BCUT2D eigenvalue weighted by Crippen LogP contribution is -2.25. The van der Waals surface area contributed by atoms with E-state index >= 15 is 0 Å². The van der Waals surface area contributed by atoms with Crippen molar-refractivity contribution < 1.29 is 9.53 Å². The summed E-state index contributed by atoms with van der Waals surface area (Å²) in [5, 5.41) is 11.6. The zero-order valence-electron chi connectivity index (χ0n) is 14.0. The van der Waals surface area contributed by atoms with E-state index in [1.807, 2.05) is 31.2 Å². The number of benzene rings is 1. The van der Waals surface area contributed by atoms with Crippen molar-refractivity contribution in [2.45, 2.75) is 26.1 Å². The molecule has 0 aliphatic carbocycles. The average molecular weight is 439 g/mol. The first-order valence-corrected chi connectivity index (χ1v) is 9.13. The van der Waals surface area contributed by atoms with Crippen LogP contribution in [0.2, 0.25) is 5.02 Å².